The van der Waals surface area contributed by atoms with Crippen molar-refractivity contribution in [2.45, 2.75) is 32.0 Å². The molecule has 7 heteroatoms. The van der Waals surface area contributed by atoms with Gasteiger partial charge in [-0.3, -0.25) is 9.69 Å². The Balaban J connectivity index is 1.48. The van der Waals surface area contributed by atoms with E-state index in [9.17, 15) is 4.79 Å². The molecule has 0 saturated carbocycles. The summed E-state index contributed by atoms with van der Waals surface area (Å²) in [5, 5.41) is 0. The van der Waals surface area contributed by atoms with E-state index >= 15 is 0 Å². The normalized spacial score (nSPS) is 24.8. The number of morpholine rings is 1. The van der Waals surface area contributed by atoms with Crippen LogP contribution in [0, 0.1) is 6.92 Å². The number of nitrogens with zero attached hydrogens (tertiary/aromatic N) is 3. The zero-order valence-corrected chi connectivity index (χ0v) is 13.8. The second-order valence-electron chi connectivity index (χ2n) is 6.47. The van der Waals surface area contributed by atoms with Gasteiger partial charge in [-0.05, 0) is 25.5 Å². The van der Waals surface area contributed by atoms with Gasteiger partial charge in [0, 0.05) is 38.1 Å². The maximum Gasteiger partial charge on any atom is 0.290 e. The fourth-order valence-electron chi connectivity index (χ4n) is 3.67. The predicted molar refractivity (Wildman–Crippen MR) is 86.5 cm³/mol. The highest BCUT2D eigenvalue weighted by Crippen LogP contribution is 2.25. The van der Waals surface area contributed by atoms with Crippen LogP contribution in [0.1, 0.15) is 28.5 Å². The van der Waals surface area contributed by atoms with Gasteiger partial charge in [-0.25, -0.2) is 4.98 Å². The number of rotatable bonds is 3. The lowest BCUT2D eigenvalue weighted by molar-refractivity contribution is -0.0920. The number of amides is 1. The van der Waals surface area contributed by atoms with E-state index < -0.39 is 0 Å². The summed E-state index contributed by atoms with van der Waals surface area (Å²) in [6.07, 6.45) is 4.46. The Morgan fingerprint density at radius 2 is 2.38 bits per heavy atom. The van der Waals surface area contributed by atoms with Crippen LogP contribution in [0.25, 0.3) is 0 Å². The van der Waals surface area contributed by atoms with E-state index in [0.29, 0.717) is 18.9 Å². The lowest BCUT2D eigenvalue weighted by Gasteiger charge is -2.46. The number of piperidine rings is 1. The molecule has 7 nitrogen and oxygen atoms in total. The molecule has 2 aliphatic rings. The van der Waals surface area contributed by atoms with Crippen LogP contribution in [-0.2, 0) is 11.3 Å². The summed E-state index contributed by atoms with van der Waals surface area (Å²) in [4.78, 5) is 24.5. The minimum Gasteiger partial charge on any atom is -0.459 e. The highest BCUT2D eigenvalue weighted by Gasteiger charge is 2.40. The minimum absolute atomic E-state index is 0.0439. The molecule has 2 fully saturated rings. The SMILES string of the molecule is Cc1ncc(CN2CC[C@@H]3OCCN(C(=O)c4ccco4)[C@H]3C2)[nH]1. The number of furan rings is 1. The van der Waals surface area contributed by atoms with E-state index in [1.54, 1.807) is 18.4 Å². The van der Waals surface area contributed by atoms with Crippen LogP contribution >= 0.6 is 0 Å². The summed E-state index contributed by atoms with van der Waals surface area (Å²) in [5.41, 5.74) is 1.10. The Morgan fingerprint density at radius 1 is 1.46 bits per heavy atom. The van der Waals surface area contributed by atoms with E-state index in [1.807, 2.05) is 18.0 Å². The Hall–Kier alpha value is -2.12. The third-order valence-electron chi connectivity index (χ3n) is 4.81. The fraction of sp³-hybridized carbons (Fsp3) is 0.529. The van der Waals surface area contributed by atoms with Crippen LogP contribution < -0.4 is 0 Å². The van der Waals surface area contributed by atoms with Crippen LogP contribution in [0.3, 0.4) is 0 Å². The molecule has 2 atom stereocenters. The van der Waals surface area contributed by atoms with Gasteiger partial charge >= 0.3 is 0 Å². The molecular formula is C17H22N4O3. The predicted octanol–water partition coefficient (Wildman–Crippen LogP) is 1.43. The molecule has 0 bridgehead atoms. The first kappa shape index (κ1) is 15.4. The second-order valence-corrected chi connectivity index (χ2v) is 6.47. The molecule has 4 heterocycles. The number of H-pyrrole nitrogens is 1. The highest BCUT2D eigenvalue weighted by molar-refractivity contribution is 5.91. The van der Waals surface area contributed by atoms with Crippen molar-refractivity contribution in [3.05, 3.63) is 41.9 Å². The lowest BCUT2D eigenvalue weighted by Crippen LogP contribution is -2.61. The van der Waals surface area contributed by atoms with Gasteiger partial charge in [-0.2, -0.15) is 0 Å². The van der Waals surface area contributed by atoms with Crippen LogP contribution in [-0.4, -0.2) is 64.1 Å². The van der Waals surface area contributed by atoms with E-state index in [2.05, 4.69) is 14.9 Å². The molecule has 128 valence electrons. The molecule has 1 N–H and O–H groups in total. The number of imidazole rings is 1. The van der Waals surface area contributed by atoms with Gasteiger partial charge < -0.3 is 19.0 Å². The first-order valence-corrected chi connectivity index (χ1v) is 8.39. The lowest BCUT2D eigenvalue weighted by atomic mass is 9.98. The highest BCUT2D eigenvalue weighted by atomic mass is 16.5. The number of aryl methyl sites for hydroxylation is 1. The maximum absolute atomic E-state index is 12.7. The third kappa shape index (κ3) is 2.97. The summed E-state index contributed by atoms with van der Waals surface area (Å²) >= 11 is 0. The molecule has 0 aliphatic carbocycles. The monoisotopic (exact) mass is 330 g/mol. The van der Waals surface area contributed by atoms with Gasteiger partial charge in [0.05, 0.1) is 25.0 Å². The molecule has 1 amide bonds. The molecule has 4 rings (SSSR count). The number of nitrogens with one attached hydrogen (secondary N) is 1. The first-order chi connectivity index (χ1) is 11.7. The van der Waals surface area contributed by atoms with Crippen molar-refractivity contribution in [2.75, 3.05) is 26.2 Å². The molecule has 2 aliphatic heterocycles. The molecule has 0 unspecified atom stereocenters. The second kappa shape index (κ2) is 6.41. The number of aromatic amines is 1. The molecule has 2 aromatic heterocycles. The standard InChI is InChI=1S/C17H22N4O3/c1-12-18-9-13(19-12)10-20-5-4-15-14(11-20)21(6-8-24-15)17(22)16-3-2-7-23-16/h2-3,7,9,14-15H,4-6,8,10-11H2,1H3,(H,18,19)/t14-,15-/m0/s1. The minimum atomic E-state index is -0.0439. The van der Waals surface area contributed by atoms with Crippen molar-refractivity contribution < 1.29 is 13.9 Å². The zero-order valence-electron chi connectivity index (χ0n) is 13.8. The van der Waals surface area contributed by atoms with E-state index in [4.69, 9.17) is 9.15 Å². The maximum atomic E-state index is 12.7. The number of carbonyl (C=O) groups is 1. The average molecular weight is 330 g/mol. The number of ether oxygens (including phenoxy) is 1. The smallest absolute Gasteiger partial charge is 0.290 e. The van der Waals surface area contributed by atoms with Gasteiger partial charge in [0.2, 0.25) is 0 Å². The molecule has 0 spiro atoms. The molecular weight excluding hydrogens is 308 g/mol. The summed E-state index contributed by atoms with van der Waals surface area (Å²) < 4.78 is 11.2. The van der Waals surface area contributed by atoms with Crippen molar-refractivity contribution in [1.82, 2.24) is 19.8 Å². The van der Waals surface area contributed by atoms with Gasteiger partial charge in [0.1, 0.15) is 5.82 Å². The number of hydrogen-bond acceptors (Lipinski definition) is 5. The molecule has 2 saturated heterocycles. The summed E-state index contributed by atoms with van der Waals surface area (Å²) in [7, 11) is 0. The number of carbonyl (C=O) groups excluding carboxylic acids is 1. The first-order valence-electron chi connectivity index (χ1n) is 8.39. The van der Waals surface area contributed by atoms with Crippen LogP contribution in [0.4, 0.5) is 0 Å². The van der Waals surface area contributed by atoms with Gasteiger partial charge in [0.15, 0.2) is 5.76 Å². The van der Waals surface area contributed by atoms with E-state index in [-0.39, 0.29) is 18.1 Å². The Morgan fingerprint density at radius 3 is 3.12 bits per heavy atom. The zero-order chi connectivity index (χ0) is 16.5. The Kier molecular flexibility index (Phi) is 4.12. The Labute approximate surface area is 140 Å². The van der Waals surface area contributed by atoms with Crippen LogP contribution in [0.15, 0.2) is 29.0 Å². The van der Waals surface area contributed by atoms with Crippen LogP contribution in [0.5, 0.6) is 0 Å². The number of likely N-dealkylation sites (tertiary alicyclic amines) is 1. The third-order valence-corrected chi connectivity index (χ3v) is 4.81. The molecule has 24 heavy (non-hydrogen) atoms. The van der Waals surface area contributed by atoms with E-state index in [1.165, 1.54) is 0 Å². The number of hydrogen-bond donors (Lipinski definition) is 1. The number of fused-ring (bicyclic) bond motifs is 1. The fourth-order valence-corrected chi connectivity index (χ4v) is 3.67. The summed E-state index contributed by atoms with van der Waals surface area (Å²) in [6, 6.07) is 3.54. The summed E-state index contributed by atoms with van der Waals surface area (Å²) in [6.45, 7) is 5.73. The topological polar surface area (TPSA) is 74.6 Å². The van der Waals surface area contributed by atoms with Crippen LogP contribution in [0.2, 0.25) is 0 Å². The molecule has 2 aromatic rings. The van der Waals surface area contributed by atoms with Gasteiger partial charge in [0.25, 0.3) is 5.91 Å². The molecule has 0 aromatic carbocycles. The van der Waals surface area contributed by atoms with Crippen molar-refractivity contribution in [2.24, 2.45) is 0 Å². The van der Waals surface area contributed by atoms with Gasteiger partial charge in [-0.15, -0.1) is 0 Å². The van der Waals surface area contributed by atoms with Crippen molar-refractivity contribution in [3.8, 4) is 0 Å². The Bertz CT molecular complexity index is 697. The number of aromatic nitrogens is 2. The van der Waals surface area contributed by atoms with Crippen molar-refractivity contribution in [1.29, 1.82) is 0 Å². The summed E-state index contributed by atoms with van der Waals surface area (Å²) in [5.74, 6) is 1.28. The van der Waals surface area contributed by atoms with Crippen molar-refractivity contribution in [3.63, 3.8) is 0 Å². The van der Waals surface area contributed by atoms with Crippen molar-refractivity contribution >= 4 is 5.91 Å². The molecule has 0 radical (unpaired) electrons. The largest absolute Gasteiger partial charge is 0.459 e. The quantitative estimate of drug-likeness (QED) is 0.921. The van der Waals surface area contributed by atoms with E-state index in [0.717, 1.165) is 37.6 Å². The average Bonchev–Trinajstić information content (AvgIpc) is 3.25. The van der Waals surface area contributed by atoms with Gasteiger partial charge in [-0.1, -0.05) is 0 Å².